The highest BCUT2D eigenvalue weighted by Crippen LogP contribution is 2.51. The summed E-state index contributed by atoms with van der Waals surface area (Å²) in [6.07, 6.45) is 0. The van der Waals surface area contributed by atoms with Gasteiger partial charge < -0.3 is 9.53 Å². The van der Waals surface area contributed by atoms with Crippen molar-refractivity contribution in [2.24, 2.45) is 0 Å². The average Bonchev–Trinajstić information content (AvgIpc) is 2.69. The Hall–Kier alpha value is -1.82. The van der Waals surface area contributed by atoms with Crippen molar-refractivity contribution < 1.29 is 9.53 Å². The van der Waals surface area contributed by atoms with Gasteiger partial charge in [-0.1, -0.05) is 69.3 Å². The molecule has 0 atom stereocenters. The number of phenolic OH excluding ortho intramolecular Hbond substituents is 1. The molecular formula is C26H26Br2O2Si. The first-order valence-electron chi connectivity index (χ1n) is 10.3. The number of halogens is 2. The third kappa shape index (κ3) is 3.92. The highest BCUT2D eigenvalue weighted by Gasteiger charge is 2.40. The van der Waals surface area contributed by atoms with Gasteiger partial charge in [0.05, 0.1) is 8.95 Å². The molecule has 0 radical (unpaired) electrons. The smallest absolute Gasteiger partial charge is 0.250 e. The van der Waals surface area contributed by atoms with E-state index in [9.17, 15) is 5.11 Å². The molecule has 0 fully saturated rings. The molecule has 0 spiro atoms. The quantitative estimate of drug-likeness (QED) is 0.254. The Morgan fingerprint density at radius 3 is 1.81 bits per heavy atom. The minimum atomic E-state index is -2.15. The van der Waals surface area contributed by atoms with Gasteiger partial charge in [-0.15, -0.1) is 0 Å². The lowest BCUT2D eigenvalue weighted by Crippen LogP contribution is -2.44. The van der Waals surface area contributed by atoms with E-state index in [-0.39, 0.29) is 10.8 Å². The van der Waals surface area contributed by atoms with Crippen LogP contribution >= 0.6 is 31.9 Å². The molecule has 4 aromatic rings. The van der Waals surface area contributed by atoms with Crippen molar-refractivity contribution in [3.63, 3.8) is 0 Å². The van der Waals surface area contributed by atoms with Gasteiger partial charge in [0, 0.05) is 11.1 Å². The second-order valence-corrected chi connectivity index (χ2v) is 15.9. The summed E-state index contributed by atoms with van der Waals surface area (Å²) in [5, 5.41) is 15.5. The largest absolute Gasteiger partial charge is 0.542 e. The molecule has 0 heterocycles. The van der Waals surface area contributed by atoms with Crippen LogP contribution in [0.3, 0.4) is 0 Å². The highest BCUT2D eigenvalue weighted by molar-refractivity contribution is 9.11. The average molecular weight is 558 g/mol. The van der Waals surface area contributed by atoms with Gasteiger partial charge in [-0.05, 0) is 83.7 Å². The van der Waals surface area contributed by atoms with Crippen LogP contribution in [0.25, 0.3) is 32.7 Å². The van der Waals surface area contributed by atoms with E-state index in [1.54, 1.807) is 0 Å². The number of hydrogen-bond acceptors (Lipinski definition) is 2. The molecule has 0 aliphatic carbocycles. The zero-order chi connectivity index (χ0) is 22.6. The fraction of sp³-hybridized carbons (Fsp3) is 0.231. The van der Waals surface area contributed by atoms with Gasteiger partial charge in [-0.25, -0.2) is 0 Å². The summed E-state index contributed by atoms with van der Waals surface area (Å²) >= 11 is 7.37. The van der Waals surface area contributed by atoms with E-state index in [1.165, 1.54) is 0 Å². The van der Waals surface area contributed by atoms with Gasteiger partial charge in [0.15, 0.2) is 0 Å². The Balaban J connectivity index is 2.16. The summed E-state index contributed by atoms with van der Waals surface area (Å²) in [4.78, 5) is 0. The monoisotopic (exact) mass is 556 g/mol. The molecule has 31 heavy (non-hydrogen) atoms. The summed E-state index contributed by atoms with van der Waals surface area (Å²) in [6.45, 7) is 11.2. The molecule has 0 aliphatic rings. The number of hydrogen-bond donors (Lipinski definition) is 1. The van der Waals surface area contributed by atoms with Crippen molar-refractivity contribution in [3.8, 4) is 22.6 Å². The van der Waals surface area contributed by atoms with Crippen molar-refractivity contribution in [2.45, 2.75) is 38.9 Å². The van der Waals surface area contributed by atoms with Gasteiger partial charge in [-0.3, -0.25) is 0 Å². The summed E-state index contributed by atoms with van der Waals surface area (Å²) in [7, 11) is -2.15. The Morgan fingerprint density at radius 2 is 1.26 bits per heavy atom. The molecule has 1 N–H and O–H groups in total. The van der Waals surface area contributed by atoms with E-state index in [0.29, 0.717) is 4.47 Å². The topological polar surface area (TPSA) is 29.5 Å². The predicted molar refractivity (Wildman–Crippen MR) is 142 cm³/mol. The molecule has 4 aromatic carbocycles. The Bertz CT molecular complexity index is 1310. The van der Waals surface area contributed by atoms with Crippen molar-refractivity contribution in [1.29, 1.82) is 0 Å². The third-order valence-electron chi connectivity index (χ3n) is 6.35. The first-order chi connectivity index (χ1) is 14.5. The molecular weight excluding hydrogens is 532 g/mol. The summed E-state index contributed by atoms with van der Waals surface area (Å²) in [5.74, 6) is 1.02. The maximum atomic E-state index is 11.3. The fourth-order valence-electron chi connectivity index (χ4n) is 3.61. The summed E-state index contributed by atoms with van der Waals surface area (Å²) in [5.41, 5.74) is 1.71. The van der Waals surface area contributed by atoms with Crippen molar-refractivity contribution in [2.75, 3.05) is 0 Å². The molecule has 4 rings (SSSR count). The highest BCUT2D eigenvalue weighted by atomic mass is 79.9. The number of fused-ring (bicyclic) bond motifs is 2. The SMILES string of the molecule is CC(C)(C)[Si](C)(C)Oc1c(Br)cc2ccccc2c1-c1c(O)c(Br)cc2ccccc12. The van der Waals surface area contributed by atoms with Crippen LogP contribution in [0.5, 0.6) is 11.5 Å². The first kappa shape index (κ1) is 22.4. The Morgan fingerprint density at radius 1 is 0.774 bits per heavy atom. The Kier molecular flexibility index (Phi) is 5.73. The predicted octanol–water partition coefficient (Wildman–Crippen LogP) is 9.27. The van der Waals surface area contributed by atoms with Gasteiger partial charge in [-0.2, -0.15) is 0 Å². The normalized spacial score (nSPS) is 12.5. The second-order valence-electron chi connectivity index (χ2n) is 9.45. The third-order valence-corrected chi connectivity index (χ3v) is 11.9. The van der Waals surface area contributed by atoms with Gasteiger partial charge in [0.1, 0.15) is 11.5 Å². The van der Waals surface area contributed by atoms with Crippen molar-refractivity contribution in [3.05, 3.63) is 69.6 Å². The summed E-state index contributed by atoms with van der Waals surface area (Å²) in [6, 6.07) is 20.5. The van der Waals surface area contributed by atoms with Crippen molar-refractivity contribution in [1.82, 2.24) is 0 Å². The molecule has 2 nitrogen and oxygen atoms in total. The van der Waals surface area contributed by atoms with E-state index >= 15 is 0 Å². The van der Waals surface area contributed by atoms with Crippen LogP contribution < -0.4 is 4.43 Å². The maximum Gasteiger partial charge on any atom is 0.250 e. The number of phenols is 1. The van der Waals surface area contributed by atoms with Crippen molar-refractivity contribution >= 4 is 61.7 Å². The van der Waals surface area contributed by atoms with Crippen LogP contribution in [0.2, 0.25) is 18.1 Å². The first-order valence-corrected chi connectivity index (χ1v) is 14.8. The molecule has 160 valence electrons. The molecule has 0 aromatic heterocycles. The molecule has 0 saturated heterocycles. The van der Waals surface area contributed by atoms with Gasteiger partial charge in [0.2, 0.25) is 0 Å². The number of benzene rings is 4. The molecule has 5 heteroatoms. The minimum absolute atomic E-state index is 0.0384. The zero-order valence-corrected chi connectivity index (χ0v) is 22.6. The van der Waals surface area contributed by atoms with E-state index in [0.717, 1.165) is 42.9 Å². The number of aromatic hydroxyl groups is 1. The zero-order valence-electron chi connectivity index (χ0n) is 18.4. The second kappa shape index (κ2) is 7.95. The van der Waals surface area contributed by atoms with E-state index in [1.807, 2.05) is 30.3 Å². The van der Waals surface area contributed by atoms with Crippen LogP contribution in [0.1, 0.15) is 20.8 Å². The van der Waals surface area contributed by atoms with Crippen LogP contribution in [0.15, 0.2) is 69.6 Å². The lowest BCUT2D eigenvalue weighted by molar-refractivity contribution is 0.472. The van der Waals surface area contributed by atoms with Crippen LogP contribution in [-0.4, -0.2) is 13.4 Å². The lowest BCUT2D eigenvalue weighted by atomic mass is 9.92. The maximum absolute atomic E-state index is 11.3. The van der Waals surface area contributed by atoms with E-state index < -0.39 is 8.32 Å². The summed E-state index contributed by atoms with van der Waals surface area (Å²) < 4.78 is 8.47. The van der Waals surface area contributed by atoms with E-state index in [2.05, 4.69) is 96.1 Å². The number of rotatable bonds is 3. The lowest BCUT2D eigenvalue weighted by Gasteiger charge is -2.37. The van der Waals surface area contributed by atoms with Crippen LogP contribution in [0, 0.1) is 0 Å². The van der Waals surface area contributed by atoms with Crippen LogP contribution in [-0.2, 0) is 0 Å². The molecule has 0 bridgehead atoms. The fourth-order valence-corrected chi connectivity index (χ4v) is 5.75. The Labute approximate surface area is 201 Å². The van der Waals surface area contributed by atoms with E-state index in [4.69, 9.17) is 4.43 Å². The standard InChI is InChI=1S/C26H26Br2O2Si/c1-26(2,3)31(4,5)30-25-21(28)15-17-11-7-9-13-19(17)23(25)22-18-12-8-6-10-16(18)14-20(27)24(22)29/h6-15,29H,1-5H3. The van der Waals surface area contributed by atoms with Gasteiger partial charge >= 0.3 is 0 Å². The molecule has 0 amide bonds. The van der Waals surface area contributed by atoms with Crippen LogP contribution in [0.4, 0.5) is 0 Å². The molecule has 0 unspecified atom stereocenters. The molecule has 0 saturated carbocycles. The minimum Gasteiger partial charge on any atom is -0.542 e. The molecule has 0 aliphatic heterocycles. The van der Waals surface area contributed by atoms with Gasteiger partial charge in [0.25, 0.3) is 8.32 Å².